The number of ether oxygens (including phenoxy) is 2. The molecule has 1 N–H and O–H groups in total. The highest BCUT2D eigenvalue weighted by Crippen LogP contribution is 2.34. The summed E-state index contributed by atoms with van der Waals surface area (Å²) in [7, 11) is -3.84. The number of benzene rings is 2. The highest BCUT2D eigenvalue weighted by atomic mass is 32.2. The largest absolute Gasteiger partial charge is 0.486 e. The van der Waals surface area contributed by atoms with Crippen molar-refractivity contribution in [2.24, 2.45) is 0 Å². The van der Waals surface area contributed by atoms with Crippen molar-refractivity contribution in [3.63, 3.8) is 0 Å². The first-order valence-electron chi connectivity index (χ1n) is 7.64. The van der Waals surface area contributed by atoms with Gasteiger partial charge >= 0.3 is 0 Å². The Morgan fingerprint density at radius 3 is 2.42 bits per heavy atom. The predicted molar refractivity (Wildman–Crippen MR) is 90.1 cm³/mol. The molecule has 0 saturated heterocycles. The van der Waals surface area contributed by atoms with E-state index in [4.69, 9.17) is 9.47 Å². The van der Waals surface area contributed by atoms with Crippen LogP contribution in [-0.2, 0) is 10.0 Å². The Kier molecular flexibility index (Phi) is 4.64. The van der Waals surface area contributed by atoms with Crippen molar-refractivity contribution in [2.75, 3.05) is 24.1 Å². The third kappa shape index (κ3) is 3.32. The maximum absolute atomic E-state index is 13.1. The fraction of sp³-hybridized carbons (Fsp3) is 0.294. The van der Waals surface area contributed by atoms with Gasteiger partial charge in [0.2, 0.25) is 0 Å². The van der Waals surface area contributed by atoms with Crippen LogP contribution in [-0.4, -0.2) is 39.4 Å². The summed E-state index contributed by atoms with van der Waals surface area (Å²) in [6, 6.07) is 13.2. The van der Waals surface area contributed by atoms with Crippen molar-refractivity contribution in [3.8, 4) is 11.5 Å². The molecule has 1 aliphatic rings. The number of fused-ring (bicyclic) bond motifs is 1. The molecule has 1 aliphatic heterocycles. The molecule has 0 saturated carbocycles. The first-order valence-corrected chi connectivity index (χ1v) is 9.08. The van der Waals surface area contributed by atoms with Crippen LogP contribution in [0.4, 0.5) is 5.69 Å². The number of hydrogen-bond donors (Lipinski definition) is 1. The first-order chi connectivity index (χ1) is 11.5. The van der Waals surface area contributed by atoms with Crippen molar-refractivity contribution in [3.05, 3.63) is 48.5 Å². The monoisotopic (exact) mass is 349 g/mol. The predicted octanol–water partition coefficient (Wildman–Crippen LogP) is 2.03. The van der Waals surface area contributed by atoms with Crippen LogP contribution in [0.1, 0.15) is 6.92 Å². The lowest BCUT2D eigenvalue weighted by molar-refractivity contribution is 0.171. The van der Waals surface area contributed by atoms with Crippen LogP contribution >= 0.6 is 0 Å². The number of hydrogen-bond acceptors (Lipinski definition) is 5. The number of aliphatic hydroxyl groups is 1. The second-order valence-corrected chi connectivity index (χ2v) is 7.39. The van der Waals surface area contributed by atoms with Crippen molar-refractivity contribution in [1.29, 1.82) is 0 Å². The van der Waals surface area contributed by atoms with Gasteiger partial charge in [-0.25, -0.2) is 8.42 Å². The molecule has 0 bridgehead atoms. The molecule has 0 unspecified atom stereocenters. The van der Waals surface area contributed by atoms with E-state index in [9.17, 15) is 13.5 Å². The maximum atomic E-state index is 13.1. The normalized spacial score (nSPS) is 14.9. The molecule has 0 aliphatic carbocycles. The van der Waals surface area contributed by atoms with Gasteiger partial charge in [-0.1, -0.05) is 18.2 Å². The van der Waals surface area contributed by atoms with Gasteiger partial charge in [-0.3, -0.25) is 4.31 Å². The SMILES string of the molecule is C[C@H](O)CN(c1ccccc1)S(=O)(=O)c1ccc2c(c1)OCCO2. The molecule has 0 spiro atoms. The lowest BCUT2D eigenvalue weighted by atomic mass is 10.3. The van der Waals surface area contributed by atoms with Crippen LogP contribution in [0.5, 0.6) is 11.5 Å². The highest BCUT2D eigenvalue weighted by molar-refractivity contribution is 7.92. The number of sulfonamides is 1. The summed E-state index contributed by atoms with van der Waals surface area (Å²) in [4.78, 5) is 0.0938. The quantitative estimate of drug-likeness (QED) is 0.894. The number of para-hydroxylation sites is 1. The van der Waals surface area contributed by atoms with E-state index in [0.717, 1.165) is 0 Å². The summed E-state index contributed by atoms with van der Waals surface area (Å²) in [5.74, 6) is 0.939. The second-order valence-electron chi connectivity index (χ2n) is 5.53. The van der Waals surface area contributed by atoms with E-state index < -0.39 is 16.1 Å². The van der Waals surface area contributed by atoms with Gasteiger partial charge in [-0.2, -0.15) is 0 Å². The topological polar surface area (TPSA) is 76.1 Å². The molecule has 24 heavy (non-hydrogen) atoms. The lowest BCUT2D eigenvalue weighted by Gasteiger charge is -2.26. The van der Waals surface area contributed by atoms with Gasteiger partial charge < -0.3 is 14.6 Å². The third-order valence-electron chi connectivity index (χ3n) is 3.58. The average molecular weight is 349 g/mol. The van der Waals surface area contributed by atoms with Crippen molar-refractivity contribution in [1.82, 2.24) is 0 Å². The van der Waals surface area contributed by atoms with E-state index in [-0.39, 0.29) is 11.4 Å². The highest BCUT2D eigenvalue weighted by Gasteiger charge is 2.27. The van der Waals surface area contributed by atoms with E-state index in [1.165, 1.54) is 16.4 Å². The minimum absolute atomic E-state index is 0.0409. The molecule has 7 heteroatoms. The zero-order valence-electron chi connectivity index (χ0n) is 13.3. The molecule has 0 amide bonds. The molecule has 2 aromatic rings. The summed E-state index contributed by atoms with van der Waals surface area (Å²) in [5.41, 5.74) is 0.494. The van der Waals surface area contributed by atoms with Gasteiger partial charge in [-0.15, -0.1) is 0 Å². The van der Waals surface area contributed by atoms with Gasteiger partial charge in [0.05, 0.1) is 23.2 Å². The summed E-state index contributed by atoms with van der Waals surface area (Å²) in [6.45, 7) is 2.33. The van der Waals surface area contributed by atoms with Gasteiger partial charge in [0, 0.05) is 6.07 Å². The smallest absolute Gasteiger partial charge is 0.264 e. The molecule has 0 fully saturated rings. The van der Waals surface area contributed by atoms with E-state index in [1.54, 1.807) is 43.3 Å². The Labute approximate surface area is 141 Å². The molecule has 0 aromatic heterocycles. The van der Waals surface area contributed by atoms with E-state index in [2.05, 4.69) is 0 Å². The fourth-order valence-electron chi connectivity index (χ4n) is 2.49. The first kappa shape index (κ1) is 16.6. The van der Waals surface area contributed by atoms with Crippen LogP contribution < -0.4 is 13.8 Å². The number of rotatable bonds is 5. The third-order valence-corrected chi connectivity index (χ3v) is 5.37. The summed E-state index contributed by atoms with van der Waals surface area (Å²) < 4.78 is 38.2. The van der Waals surface area contributed by atoms with Crippen LogP contribution in [0.25, 0.3) is 0 Å². The molecular formula is C17H19NO5S. The zero-order chi connectivity index (χ0) is 17.2. The molecule has 128 valence electrons. The molecule has 2 aromatic carbocycles. The Morgan fingerprint density at radius 2 is 1.75 bits per heavy atom. The molecule has 3 rings (SSSR count). The molecule has 1 heterocycles. The Bertz CT molecular complexity index is 805. The number of anilines is 1. The minimum Gasteiger partial charge on any atom is -0.486 e. The Hall–Kier alpha value is -2.25. The lowest BCUT2D eigenvalue weighted by Crippen LogP contribution is -2.36. The van der Waals surface area contributed by atoms with Crippen molar-refractivity contribution >= 4 is 15.7 Å². The average Bonchev–Trinajstić information content (AvgIpc) is 2.59. The van der Waals surface area contributed by atoms with Crippen LogP contribution in [0.3, 0.4) is 0 Å². The molecular weight excluding hydrogens is 330 g/mol. The maximum Gasteiger partial charge on any atom is 0.264 e. The van der Waals surface area contributed by atoms with Gasteiger partial charge in [-0.05, 0) is 31.2 Å². The molecule has 6 nitrogen and oxygen atoms in total. The molecule has 0 radical (unpaired) electrons. The van der Waals surface area contributed by atoms with E-state index in [0.29, 0.717) is 30.4 Å². The summed E-state index contributed by atoms with van der Waals surface area (Å²) >= 11 is 0. The Balaban J connectivity index is 2.02. The fourth-order valence-corrected chi connectivity index (χ4v) is 4.05. The van der Waals surface area contributed by atoms with Crippen LogP contribution in [0.2, 0.25) is 0 Å². The minimum atomic E-state index is -3.84. The van der Waals surface area contributed by atoms with Crippen LogP contribution in [0.15, 0.2) is 53.4 Å². The molecule has 1 atom stereocenters. The standard InChI is InChI=1S/C17H19NO5S/c1-13(19)12-18(14-5-3-2-4-6-14)24(20,21)15-7-8-16-17(11-15)23-10-9-22-16/h2-8,11,13,19H,9-10,12H2,1H3/t13-/m0/s1. The van der Waals surface area contributed by atoms with Gasteiger partial charge in [0.1, 0.15) is 13.2 Å². The summed E-state index contributed by atoms with van der Waals surface area (Å²) in [6.07, 6.45) is -0.808. The number of aliphatic hydroxyl groups excluding tert-OH is 1. The zero-order valence-corrected chi connectivity index (χ0v) is 14.1. The van der Waals surface area contributed by atoms with Crippen LogP contribution in [0, 0.1) is 0 Å². The van der Waals surface area contributed by atoms with E-state index in [1.807, 2.05) is 0 Å². The Morgan fingerprint density at radius 1 is 1.08 bits per heavy atom. The second kappa shape index (κ2) is 6.70. The van der Waals surface area contributed by atoms with Gasteiger partial charge in [0.15, 0.2) is 11.5 Å². The van der Waals surface area contributed by atoms with Crippen molar-refractivity contribution in [2.45, 2.75) is 17.9 Å². The van der Waals surface area contributed by atoms with Gasteiger partial charge in [0.25, 0.3) is 10.0 Å². The summed E-state index contributed by atoms with van der Waals surface area (Å²) in [5, 5.41) is 9.74. The van der Waals surface area contributed by atoms with Crippen molar-refractivity contribution < 1.29 is 23.0 Å². The van der Waals surface area contributed by atoms with E-state index >= 15 is 0 Å². The number of nitrogens with zero attached hydrogens (tertiary/aromatic N) is 1.